The highest BCUT2D eigenvalue weighted by atomic mass is 15.3. The van der Waals surface area contributed by atoms with Gasteiger partial charge in [0.1, 0.15) is 12.7 Å². The minimum Gasteiger partial charge on any atom is -0.225 e. The third-order valence-electron chi connectivity index (χ3n) is 0.923. The molecule has 0 bridgehead atoms. The molecule has 2 heterocycles. The Morgan fingerprint density at radius 3 is 3.44 bits per heavy atom. The fraction of sp³-hybridized carbons (Fsp3) is 0. The fourth-order valence-corrected chi connectivity index (χ4v) is 0.555. The van der Waals surface area contributed by atoms with E-state index in [-0.39, 0.29) is 0 Å². The predicted octanol–water partition coefficient (Wildman–Crippen LogP) is -0.681. The molecule has 43 valence electrons. The Hall–Kier alpha value is -1.52. The Balaban J connectivity index is 2.95. The van der Waals surface area contributed by atoms with Crippen LogP contribution in [0.3, 0.4) is 0 Å². The van der Waals surface area contributed by atoms with Crippen molar-refractivity contribution in [3.8, 4) is 0 Å². The number of rotatable bonds is 0. The third-order valence-corrected chi connectivity index (χ3v) is 0.923. The van der Waals surface area contributed by atoms with E-state index >= 15 is 0 Å². The van der Waals surface area contributed by atoms with Crippen LogP contribution in [0.5, 0.6) is 0 Å². The van der Waals surface area contributed by atoms with Crippen LogP contribution in [-0.4, -0.2) is 24.6 Å². The van der Waals surface area contributed by atoms with Gasteiger partial charge in [-0.1, -0.05) is 0 Å². The van der Waals surface area contributed by atoms with E-state index in [2.05, 4.69) is 26.4 Å². The zero-order valence-electron chi connectivity index (χ0n) is 4.39. The first-order chi connectivity index (χ1) is 4.47. The average Bonchev–Trinajstić information content (AvgIpc) is 2.33. The molecule has 2 aromatic rings. The van der Waals surface area contributed by atoms with E-state index in [1.807, 2.05) is 0 Å². The summed E-state index contributed by atoms with van der Waals surface area (Å²) in [5.74, 6) is 0.519. The normalized spacial score (nSPS) is 10.2. The minimum absolute atomic E-state index is 0.519. The summed E-state index contributed by atoms with van der Waals surface area (Å²) in [6, 6.07) is 0. The highest BCUT2D eigenvalue weighted by molar-refractivity contribution is 5.19. The molecule has 1 radical (unpaired) electrons. The first-order valence-corrected chi connectivity index (χ1v) is 2.35. The maximum Gasteiger partial charge on any atom is 0.255 e. The van der Waals surface area contributed by atoms with Crippen molar-refractivity contribution in [3.05, 3.63) is 19.0 Å². The van der Waals surface area contributed by atoms with Crippen LogP contribution in [0, 0.1) is 6.33 Å². The zero-order chi connectivity index (χ0) is 6.10. The zero-order valence-corrected chi connectivity index (χ0v) is 4.39. The monoisotopic (exact) mass is 120 g/mol. The maximum atomic E-state index is 3.79. The summed E-state index contributed by atoms with van der Waals surface area (Å²) in [4.78, 5) is 11.2. The molecule has 0 aromatic carbocycles. The van der Waals surface area contributed by atoms with Gasteiger partial charge in [-0.15, -0.1) is 5.10 Å². The standard InChI is InChI=1S/C4H2N5/c1-5-3-9-4(6-1)7-2-8-9/h1,3H. The molecule has 5 nitrogen and oxygen atoms in total. The molecule has 0 amide bonds. The number of fused-ring (bicyclic) bond motifs is 1. The van der Waals surface area contributed by atoms with Crippen LogP contribution in [0.15, 0.2) is 12.7 Å². The van der Waals surface area contributed by atoms with Gasteiger partial charge in [0.15, 0.2) is 0 Å². The molecule has 2 rings (SSSR count). The molecule has 0 spiro atoms. The lowest BCUT2D eigenvalue weighted by atomic mass is 11.0. The molecule has 5 heteroatoms. The van der Waals surface area contributed by atoms with Crippen LogP contribution < -0.4 is 0 Å². The number of nitrogens with zero attached hydrogens (tertiary/aromatic N) is 5. The Bertz CT molecular complexity index is 283. The third kappa shape index (κ3) is 0.543. The van der Waals surface area contributed by atoms with Gasteiger partial charge in [0.2, 0.25) is 6.33 Å². The quantitative estimate of drug-likeness (QED) is 0.462. The van der Waals surface area contributed by atoms with Crippen LogP contribution in [0.2, 0.25) is 0 Å². The topological polar surface area (TPSA) is 56.0 Å². The second kappa shape index (κ2) is 1.48. The first-order valence-electron chi connectivity index (χ1n) is 2.35. The van der Waals surface area contributed by atoms with Crippen LogP contribution in [0.25, 0.3) is 5.78 Å². The summed E-state index contributed by atoms with van der Waals surface area (Å²) >= 11 is 0. The van der Waals surface area contributed by atoms with E-state index in [0.717, 1.165) is 0 Å². The number of hydrogen-bond donors (Lipinski definition) is 0. The van der Waals surface area contributed by atoms with Crippen LogP contribution in [-0.2, 0) is 0 Å². The Morgan fingerprint density at radius 2 is 2.56 bits per heavy atom. The van der Waals surface area contributed by atoms with Gasteiger partial charge in [-0.3, -0.25) is 0 Å². The lowest BCUT2D eigenvalue weighted by molar-refractivity contribution is 0.888. The molecular formula is C4H2N5. The lowest BCUT2D eigenvalue weighted by Gasteiger charge is -1.82. The molecule has 0 aliphatic carbocycles. The molecule has 0 unspecified atom stereocenters. The van der Waals surface area contributed by atoms with Gasteiger partial charge in [-0.2, -0.15) is 14.5 Å². The predicted molar refractivity (Wildman–Crippen MR) is 27.4 cm³/mol. The van der Waals surface area contributed by atoms with Gasteiger partial charge in [-0.05, 0) is 0 Å². The Kier molecular flexibility index (Phi) is 0.717. The van der Waals surface area contributed by atoms with Crippen molar-refractivity contribution in [2.75, 3.05) is 0 Å². The smallest absolute Gasteiger partial charge is 0.225 e. The molecule has 0 saturated heterocycles. The molecule has 0 aliphatic rings. The van der Waals surface area contributed by atoms with E-state index in [0.29, 0.717) is 5.78 Å². The van der Waals surface area contributed by atoms with Crippen molar-refractivity contribution in [1.29, 1.82) is 0 Å². The summed E-state index contributed by atoms with van der Waals surface area (Å²) < 4.78 is 1.44. The number of hydrogen-bond acceptors (Lipinski definition) is 4. The fourth-order valence-electron chi connectivity index (χ4n) is 0.555. The van der Waals surface area contributed by atoms with Crippen molar-refractivity contribution in [1.82, 2.24) is 24.6 Å². The van der Waals surface area contributed by atoms with Crippen molar-refractivity contribution < 1.29 is 0 Å². The molecular weight excluding hydrogens is 118 g/mol. The summed E-state index contributed by atoms with van der Waals surface area (Å²) in [5, 5.41) is 3.67. The van der Waals surface area contributed by atoms with Crippen molar-refractivity contribution >= 4 is 5.78 Å². The summed E-state index contributed by atoms with van der Waals surface area (Å²) in [7, 11) is 0. The number of aromatic nitrogens is 5. The van der Waals surface area contributed by atoms with Crippen molar-refractivity contribution in [2.45, 2.75) is 0 Å². The molecule has 0 aliphatic heterocycles. The largest absolute Gasteiger partial charge is 0.255 e. The van der Waals surface area contributed by atoms with E-state index in [4.69, 9.17) is 0 Å². The van der Waals surface area contributed by atoms with Gasteiger partial charge in [0, 0.05) is 0 Å². The second-order valence-corrected chi connectivity index (χ2v) is 1.47. The second-order valence-electron chi connectivity index (χ2n) is 1.47. The van der Waals surface area contributed by atoms with Crippen LogP contribution >= 0.6 is 0 Å². The van der Waals surface area contributed by atoms with Gasteiger partial charge < -0.3 is 0 Å². The molecule has 0 fully saturated rings. The Labute approximate surface area is 50.4 Å². The molecule has 0 N–H and O–H groups in total. The summed E-state index contributed by atoms with van der Waals surface area (Å²) in [6.07, 6.45) is 5.33. The summed E-state index contributed by atoms with van der Waals surface area (Å²) in [6.45, 7) is 0. The van der Waals surface area contributed by atoms with Crippen molar-refractivity contribution in [3.63, 3.8) is 0 Å². The SMILES string of the molecule is [c]1nc2ncncn2n1. The summed E-state index contributed by atoms with van der Waals surface area (Å²) in [5.41, 5.74) is 0. The maximum absolute atomic E-state index is 3.79. The van der Waals surface area contributed by atoms with Crippen LogP contribution in [0.4, 0.5) is 0 Å². The molecule has 9 heavy (non-hydrogen) atoms. The average molecular weight is 120 g/mol. The highest BCUT2D eigenvalue weighted by Crippen LogP contribution is 1.84. The van der Waals surface area contributed by atoms with Crippen molar-refractivity contribution in [2.24, 2.45) is 0 Å². The Morgan fingerprint density at radius 1 is 1.56 bits per heavy atom. The van der Waals surface area contributed by atoms with Gasteiger partial charge in [0.05, 0.1) is 0 Å². The molecule has 2 aromatic heterocycles. The van der Waals surface area contributed by atoms with Gasteiger partial charge in [0.25, 0.3) is 5.78 Å². The minimum atomic E-state index is 0.519. The van der Waals surface area contributed by atoms with Gasteiger partial charge in [-0.25, -0.2) is 4.98 Å². The van der Waals surface area contributed by atoms with Crippen LogP contribution in [0.1, 0.15) is 0 Å². The molecule has 0 atom stereocenters. The van der Waals surface area contributed by atoms with Gasteiger partial charge >= 0.3 is 0 Å². The van der Waals surface area contributed by atoms with E-state index in [9.17, 15) is 0 Å². The van der Waals surface area contributed by atoms with E-state index in [1.165, 1.54) is 17.2 Å². The van der Waals surface area contributed by atoms with E-state index in [1.54, 1.807) is 0 Å². The molecule has 0 saturated carbocycles. The van der Waals surface area contributed by atoms with E-state index < -0.39 is 0 Å². The lowest BCUT2D eigenvalue weighted by Crippen LogP contribution is -1.89. The first kappa shape index (κ1) is 4.37. The highest BCUT2D eigenvalue weighted by Gasteiger charge is 1.90.